The smallest absolute Gasteiger partial charge is 0.307 e. The first-order valence-corrected chi connectivity index (χ1v) is 11.6. The van der Waals surface area contributed by atoms with Crippen LogP contribution in [0.15, 0.2) is 41.4 Å². The molecule has 1 atom stereocenters. The second-order valence-corrected chi connectivity index (χ2v) is 8.99. The van der Waals surface area contributed by atoms with Crippen molar-refractivity contribution in [1.82, 2.24) is 9.71 Å². The van der Waals surface area contributed by atoms with Crippen LogP contribution < -0.4 is 19.5 Å². The van der Waals surface area contributed by atoms with E-state index in [0.29, 0.717) is 36.2 Å². The molecule has 0 aliphatic carbocycles. The first kappa shape index (κ1) is 23.8. The van der Waals surface area contributed by atoms with Crippen molar-refractivity contribution in [2.24, 2.45) is 0 Å². The number of rotatable bonds is 8. The maximum atomic E-state index is 12.5. The van der Waals surface area contributed by atoms with Crippen molar-refractivity contribution in [3.63, 3.8) is 0 Å². The van der Waals surface area contributed by atoms with Gasteiger partial charge in [-0.05, 0) is 31.2 Å². The molecule has 0 bridgehead atoms. The Morgan fingerprint density at radius 2 is 1.94 bits per heavy atom. The van der Waals surface area contributed by atoms with E-state index in [1.807, 2.05) is 0 Å². The number of sulfonamides is 1. The SMILES string of the molecule is C[C@@H](OC(=O)CCNS(=O)(=O)c1ccc2c(c1)OCCCO2)C(=O)Nc1ccc(Cl)cn1. The Hall–Kier alpha value is -2.89. The summed E-state index contributed by atoms with van der Waals surface area (Å²) in [5.41, 5.74) is 0. The van der Waals surface area contributed by atoms with E-state index in [4.69, 9.17) is 25.8 Å². The standard InChI is InChI=1S/C20H22ClN3O7S/c1-13(20(26)24-18-6-3-14(21)12-22-18)31-19(25)7-8-23-32(27,28)15-4-5-16-17(11-15)30-10-2-9-29-16/h3-6,11-13,23H,2,7-10H2,1H3,(H,22,24,26)/t13-/m1/s1. The lowest BCUT2D eigenvalue weighted by atomic mass is 10.3. The molecule has 1 aromatic carbocycles. The number of fused-ring (bicyclic) bond motifs is 1. The molecule has 2 aromatic rings. The Labute approximate surface area is 190 Å². The molecule has 1 aliphatic heterocycles. The zero-order chi connectivity index (χ0) is 23.1. The summed E-state index contributed by atoms with van der Waals surface area (Å²) in [6, 6.07) is 7.35. The zero-order valence-corrected chi connectivity index (χ0v) is 18.7. The molecule has 10 nitrogen and oxygen atoms in total. The number of aromatic nitrogens is 1. The quantitative estimate of drug-likeness (QED) is 0.545. The first-order chi connectivity index (χ1) is 15.2. The van der Waals surface area contributed by atoms with Gasteiger partial charge in [-0.15, -0.1) is 0 Å². The molecule has 0 unspecified atom stereocenters. The highest BCUT2D eigenvalue weighted by Crippen LogP contribution is 2.31. The van der Waals surface area contributed by atoms with Crippen molar-refractivity contribution >= 4 is 39.3 Å². The van der Waals surface area contributed by atoms with Gasteiger partial charge in [-0.25, -0.2) is 18.1 Å². The van der Waals surface area contributed by atoms with Crippen LogP contribution in [0.25, 0.3) is 0 Å². The summed E-state index contributed by atoms with van der Waals surface area (Å²) < 4.78 is 43.4. The second kappa shape index (κ2) is 10.6. The summed E-state index contributed by atoms with van der Waals surface area (Å²) in [6.07, 6.45) is 0.700. The molecule has 0 saturated heterocycles. The molecule has 1 amide bonds. The van der Waals surface area contributed by atoms with Gasteiger partial charge in [0.15, 0.2) is 17.6 Å². The molecular weight excluding hydrogens is 462 g/mol. The minimum Gasteiger partial charge on any atom is -0.490 e. The number of halogens is 1. The number of ether oxygens (including phenoxy) is 3. The monoisotopic (exact) mass is 483 g/mol. The van der Waals surface area contributed by atoms with E-state index >= 15 is 0 Å². The van der Waals surface area contributed by atoms with Crippen molar-refractivity contribution in [3.8, 4) is 11.5 Å². The topological polar surface area (TPSA) is 133 Å². The summed E-state index contributed by atoms with van der Waals surface area (Å²) in [4.78, 5) is 28.0. The molecule has 172 valence electrons. The number of amides is 1. The lowest BCUT2D eigenvalue weighted by Crippen LogP contribution is -2.32. The normalized spacial score (nSPS) is 14.2. The number of nitrogens with one attached hydrogen (secondary N) is 2. The molecule has 0 fully saturated rings. The van der Waals surface area contributed by atoms with Gasteiger partial charge in [-0.3, -0.25) is 9.59 Å². The van der Waals surface area contributed by atoms with Crippen molar-refractivity contribution in [1.29, 1.82) is 0 Å². The van der Waals surface area contributed by atoms with Crippen LogP contribution in [-0.4, -0.2) is 51.1 Å². The first-order valence-electron chi connectivity index (χ1n) is 9.76. The molecule has 0 saturated carbocycles. The maximum absolute atomic E-state index is 12.5. The number of pyridine rings is 1. The van der Waals surface area contributed by atoms with E-state index in [1.54, 1.807) is 6.07 Å². The number of anilines is 1. The Balaban J connectivity index is 1.47. The van der Waals surface area contributed by atoms with Gasteiger partial charge in [0, 0.05) is 25.2 Å². The van der Waals surface area contributed by atoms with E-state index in [-0.39, 0.29) is 23.7 Å². The van der Waals surface area contributed by atoms with Crippen LogP contribution in [0, 0.1) is 0 Å². The van der Waals surface area contributed by atoms with Crippen LogP contribution >= 0.6 is 11.6 Å². The molecular formula is C20H22ClN3O7S. The van der Waals surface area contributed by atoms with Crippen LogP contribution in [0.3, 0.4) is 0 Å². The van der Waals surface area contributed by atoms with Gasteiger partial charge >= 0.3 is 5.97 Å². The van der Waals surface area contributed by atoms with E-state index in [2.05, 4.69) is 15.0 Å². The van der Waals surface area contributed by atoms with Gasteiger partial charge < -0.3 is 19.5 Å². The predicted molar refractivity (Wildman–Crippen MR) is 115 cm³/mol. The van der Waals surface area contributed by atoms with E-state index in [9.17, 15) is 18.0 Å². The number of hydrogen-bond donors (Lipinski definition) is 2. The van der Waals surface area contributed by atoms with Gasteiger partial charge in [0.25, 0.3) is 5.91 Å². The molecule has 12 heteroatoms. The molecule has 32 heavy (non-hydrogen) atoms. The average Bonchev–Trinajstić information content (AvgIpc) is 3.00. The predicted octanol–water partition coefficient (Wildman–Crippen LogP) is 2.14. The third kappa shape index (κ3) is 6.55. The Morgan fingerprint density at radius 3 is 2.66 bits per heavy atom. The Kier molecular flexibility index (Phi) is 7.89. The van der Waals surface area contributed by atoms with E-state index < -0.39 is 28.0 Å². The Bertz CT molecular complexity index is 1080. The number of carbonyl (C=O) groups excluding carboxylic acids is 2. The molecule has 2 heterocycles. The van der Waals surface area contributed by atoms with Gasteiger partial charge in [0.2, 0.25) is 10.0 Å². The second-order valence-electron chi connectivity index (χ2n) is 6.79. The van der Waals surface area contributed by atoms with Gasteiger partial charge in [-0.1, -0.05) is 11.6 Å². The average molecular weight is 484 g/mol. The third-order valence-electron chi connectivity index (χ3n) is 4.31. The van der Waals surface area contributed by atoms with Crippen LogP contribution in [0.5, 0.6) is 11.5 Å². The molecule has 1 aromatic heterocycles. The molecule has 3 rings (SSSR count). The van der Waals surface area contributed by atoms with Crippen LogP contribution in [-0.2, 0) is 24.3 Å². The summed E-state index contributed by atoms with van der Waals surface area (Å²) in [5, 5.41) is 2.90. The van der Waals surface area contributed by atoms with Crippen LogP contribution in [0.4, 0.5) is 5.82 Å². The highest BCUT2D eigenvalue weighted by Gasteiger charge is 2.21. The lowest BCUT2D eigenvalue weighted by molar-refractivity contribution is -0.152. The number of hydrogen-bond acceptors (Lipinski definition) is 8. The Morgan fingerprint density at radius 1 is 1.19 bits per heavy atom. The molecule has 0 radical (unpaired) electrons. The summed E-state index contributed by atoms with van der Waals surface area (Å²) in [6.45, 7) is 2.11. The molecule has 0 spiro atoms. The minimum atomic E-state index is -3.88. The molecule has 2 N–H and O–H groups in total. The van der Waals surface area contributed by atoms with E-state index in [1.165, 1.54) is 37.4 Å². The highest BCUT2D eigenvalue weighted by molar-refractivity contribution is 7.89. The highest BCUT2D eigenvalue weighted by atomic mass is 35.5. The van der Waals surface area contributed by atoms with Crippen molar-refractivity contribution in [2.45, 2.75) is 30.8 Å². The van der Waals surface area contributed by atoms with Gasteiger partial charge in [-0.2, -0.15) is 0 Å². The fraction of sp³-hybridized carbons (Fsp3) is 0.350. The van der Waals surface area contributed by atoms with E-state index in [0.717, 1.165) is 0 Å². The minimum absolute atomic E-state index is 0.0154. The third-order valence-corrected chi connectivity index (χ3v) is 5.99. The maximum Gasteiger partial charge on any atom is 0.307 e. The van der Waals surface area contributed by atoms with Crippen molar-refractivity contribution in [2.75, 3.05) is 25.1 Å². The fourth-order valence-electron chi connectivity index (χ4n) is 2.67. The van der Waals surface area contributed by atoms with Gasteiger partial charge in [0.1, 0.15) is 5.82 Å². The largest absolute Gasteiger partial charge is 0.490 e. The van der Waals surface area contributed by atoms with Crippen LogP contribution in [0.2, 0.25) is 5.02 Å². The lowest BCUT2D eigenvalue weighted by Gasteiger charge is -2.14. The number of benzene rings is 1. The van der Waals surface area contributed by atoms with Gasteiger partial charge in [0.05, 0.1) is 29.6 Å². The van der Waals surface area contributed by atoms with Crippen molar-refractivity contribution < 1.29 is 32.2 Å². The molecule has 1 aliphatic rings. The number of nitrogens with zero attached hydrogens (tertiary/aromatic N) is 1. The summed E-state index contributed by atoms with van der Waals surface area (Å²) in [5.74, 6) is -0.241. The zero-order valence-electron chi connectivity index (χ0n) is 17.2. The summed E-state index contributed by atoms with van der Waals surface area (Å²) in [7, 11) is -3.88. The fourth-order valence-corrected chi connectivity index (χ4v) is 3.83. The number of esters is 1. The van der Waals surface area contributed by atoms with Crippen LogP contribution in [0.1, 0.15) is 19.8 Å². The number of carbonyl (C=O) groups is 2. The summed E-state index contributed by atoms with van der Waals surface area (Å²) >= 11 is 5.73. The van der Waals surface area contributed by atoms with Crippen molar-refractivity contribution in [3.05, 3.63) is 41.6 Å².